The van der Waals surface area contributed by atoms with Crippen LogP contribution in [0.15, 0.2) is 35.4 Å². The highest BCUT2D eigenvalue weighted by Crippen LogP contribution is 2.25. The summed E-state index contributed by atoms with van der Waals surface area (Å²) < 4.78 is 1.99. The van der Waals surface area contributed by atoms with E-state index in [0.717, 1.165) is 34.0 Å². The first-order valence-corrected chi connectivity index (χ1v) is 8.97. The molecule has 144 valence electrons. The van der Waals surface area contributed by atoms with Gasteiger partial charge in [0.15, 0.2) is 0 Å². The van der Waals surface area contributed by atoms with Crippen molar-refractivity contribution in [2.45, 2.75) is 27.7 Å². The third-order valence-corrected chi connectivity index (χ3v) is 4.57. The summed E-state index contributed by atoms with van der Waals surface area (Å²) in [6.45, 7) is 7.72. The summed E-state index contributed by atoms with van der Waals surface area (Å²) in [7, 11) is 0. The number of aromatic carboxylic acids is 1. The number of carbonyl (C=O) groups is 1. The predicted octanol–water partition coefficient (Wildman–Crippen LogP) is 4.30. The molecule has 0 spiro atoms. The van der Waals surface area contributed by atoms with Crippen molar-refractivity contribution in [3.8, 4) is 5.69 Å². The van der Waals surface area contributed by atoms with E-state index in [9.17, 15) is 4.79 Å². The normalized spacial score (nSPS) is 11.2. The first-order valence-electron chi connectivity index (χ1n) is 8.60. The molecule has 2 aromatic heterocycles. The van der Waals surface area contributed by atoms with Gasteiger partial charge in [-0.25, -0.2) is 20.2 Å². The first kappa shape index (κ1) is 19.6. The Kier molecular flexibility index (Phi) is 5.46. The largest absolute Gasteiger partial charge is 0.478 e. The van der Waals surface area contributed by atoms with E-state index >= 15 is 0 Å². The van der Waals surface area contributed by atoms with Gasteiger partial charge in [-0.3, -0.25) is 0 Å². The van der Waals surface area contributed by atoms with Crippen LogP contribution in [-0.2, 0) is 0 Å². The molecular formula is C20H20ClN5O2. The number of nitrogens with zero attached hydrogens (tertiary/aromatic N) is 4. The minimum absolute atomic E-state index is 0.0762. The summed E-state index contributed by atoms with van der Waals surface area (Å²) in [5.41, 5.74) is 8.28. The molecule has 3 rings (SSSR count). The summed E-state index contributed by atoms with van der Waals surface area (Å²) in [6.07, 6.45) is 1.70. The van der Waals surface area contributed by atoms with Crippen molar-refractivity contribution < 1.29 is 9.90 Å². The molecule has 0 bridgehead atoms. The third kappa shape index (κ3) is 4.04. The number of halogens is 1. The lowest BCUT2D eigenvalue weighted by Gasteiger charge is -2.11. The molecule has 8 heteroatoms. The second-order valence-corrected chi connectivity index (χ2v) is 6.88. The van der Waals surface area contributed by atoms with Gasteiger partial charge in [-0.15, -0.1) is 0 Å². The lowest BCUT2D eigenvalue weighted by atomic mass is 10.2. The van der Waals surface area contributed by atoms with Crippen molar-refractivity contribution in [1.82, 2.24) is 14.5 Å². The van der Waals surface area contributed by atoms with Crippen LogP contribution in [0.4, 0.5) is 5.95 Å². The minimum atomic E-state index is -1.05. The van der Waals surface area contributed by atoms with Gasteiger partial charge in [0.25, 0.3) is 0 Å². The van der Waals surface area contributed by atoms with E-state index in [-0.39, 0.29) is 10.6 Å². The maximum absolute atomic E-state index is 11.2. The minimum Gasteiger partial charge on any atom is -0.478 e. The van der Waals surface area contributed by atoms with Gasteiger partial charge in [0.2, 0.25) is 5.95 Å². The molecule has 2 N–H and O–H groups in total. The standard InChI is InChI=1S/C20H20ClN5O2/c1-11-7-12(2)24-20(23-11)25-22-10-15-8-13(3)26(14(15)4)16-5-6-17(19(27)28)18(21)9-16/h5-10H,1-4H3,(H,27,28)(H,23,24,25)/b22-10+. The van der Waals surface area contributed by atoms with E-state index < -0.39 is 5.97 Å². The van der Waals surface area contributed by atoms with Crippen LogP contribution in [0.25, 0.3) is 5.69 Å². The number of hydrogen-bond donors (Lipinski definition) is 2. The summed E-state index contributed by atoms with van der Waals surface area (Å²) in [4.78, 5) is 19.7. The maximum Gasteiger partial charge on any atom is 0.337 e. The number of aromatic nitrogens is 3. The van der Waals surface area contributed by atoms with Crippen LogP contribution in [0.2, 0.25) is 5.02 Å². The number of nitrogens with one attached hydrogen (secondary N) is 1. The molecule has 0 saturated carbocycles. The number of rotatable bonds is 5. The Morgan fingerprint density at radius 3 is 2.43 bits per heavy atom. The van der Waals surface area contributed by atoms with E-state index in [1.807, 2.05) is 44.4 Å². The topological polar surface area (TPSA) is 92.4 Å². The lowest BCUT2D eigenvalue weighted by molar-refractivity contribution is 0.0697. The molecule has 0 unspecified atom stereocenters. The molecular weight excluding hydrogens is 378 g/mol. The number of carboxylic acid groups (broad SMARTS) is 1. The highest BCUT2D eigenvalue weighted by Gasteiger charge is 2.13. The second kappa shape index (κ2) is 7.82. The second-order valence-electron chi connectivity index (χ2n) is 6.48. The average Bonchev–Trinajstić information content (AvgIpc) is 2.87. The molecule has 28 heavy (non-hydrogen) atoms. The number of hydrazone groups is 1. The van der Waals surface area contributed by atoms with Gasteiger partial charge in [0, 0.05) is 34.0 Å². The fourth-order valence-electron chi connectivity index (χ4n) is 3.07. The number of aryl methyl sites for hydroxylation is 3. The molecule has 7 nitrogen and oxygen atoms in total. The zero-order valence-corrected chi connectivity index (χ0v) is 16.7. The van der Waals surface area contributed by atoms with Gasteiger partial charge in [-0.05, 0) is 58.0 Å². The molecule has 0 radical (unpaired) electrons. The van der Waals surface area contributed by atoms with E-state index in [0.29, 0.717) is 5.95 Å². The van der Waals surface area contributed by atoms with Crippen molar-refractivity contribution in [2.75, 3.05) is 5.43 Å². The van der Waals surface area contributed by atoms with Crippen LogP contribution in [0.1, 0.15) is 38.7 Å². The average molecular weight is 398 g/mol. The van der Waals surface area contributed by atoms with Crippen LogP contribution < -0.4 is 5.43 Å². The van der Waals surface area contributed by atoms with Crippen LogP contribution in [-0.4, -0.2) is 31.8 Å². The van der Waals surface area contributed by atoms with Crippen molar-refractivity contribution in [3.05, 3.63) is 69.3 Å². The summed E-state index contributed by atoms with van der Waals surface area (Å²) in [5, 5.41) is 13.6. The molecule has 0 amide bonds. The van der Waals surface area contributed by atoms with Gasteiger partial charge in [0.1, 0.15) is 0 Å². The zero-order valence-electron chi connectivity index (χ0n) is 16.0. The van der Waals surface area contributed by atoms with Crippen LogP contribution in [0.5, 0.6) is 0 Å². The number of benzene rings is 1. The molecule has 0 fully saturated rings. The molecule has 1 aromatic carbocycles. The third-order valence-electron chi connectivity index (χ3n) is 4.26. The van der Waals surface area contributed by atoms with Crippen LogP contribution in [0, 0.1) is 27.7 Å². The van der Waals surface area contributed by atoms with Crippen molar-refractivity contribution >= 4 is 29.7 Å². The van der Waals surface area contributed by atoms with Gasteiger partial charge >= 0.3 is 5.97 Å². The molecule has 3 aromatic rings. The first-order chi connectivity index (χ1) is 13.3. The van der Waals surface area contributed by atoms with Crippen molar-refractivity contribution in [3.63, 3.8) is 0 Å². The molecule has 0 aliphatic heterocycles. The predicted molar refractivity (Wildman–Crippen MR) is 110 cm³/mol. The Morgan fingerprint density at radius 2 is 1.82 bits per heavy atom. The highest BCUT2D eigenvalue weighted by molar-refractivity contribution is 6.33. The fourth-order valence-corrected chi connectivity index (χ4v) is 3.32. The highest BCUT2D eigenvalue weighted by atomic mass is 35.5. The fraction of sp³-hybridized carbons (Fsp3) is 0.200. The van der Waals surface area contributed by atoms with Gasteiger partial charge in [0.05, 0.1) is 16.8 Å². The Morgan fingerprint density at radius 1 is 1.14 bits per heavy atom. The smallest absolute Gasteiger partial charge is 0.337 e. The van der Waals surface area contributed by atoms with E-state index in [1.54, 1.807) is 18.3 Å². The summed E-state index contributed by atoms with van der Waals surface area (Å²) >= 11 is 6.12. The van der Waals surface area contributed by atoms with Crippen molar-refractivity contribution in [1.29, 1.82) is 0 Å². The van der Waals surface area contributed by atoms with Crippen molar-refractivity contribution in [2.24, 2.45) is 5.10 Å². The molecule has 2 heterocycles. The Bertz CT molecular complexity index is 1070. The monoisotopic (exact) mass is 397 g/mol. The molecule has 0 saturated heterocycles. The van der Waals surface area contributed by atoms with E-state index in [4.69, 9.17) is 16.7 Å². The van der Waals surface area contributed by atoms with E-state index in [1.165, 1.54) is 6.07 Å². The number of anilines is 1. The summed E-state index contributed by atoms with van der Waals surface area (Å²) in [5.74, 6) is -0.608. The van der Waals surface area contributed by atoms with Crippen LogP contribution >= 0.6 is 11.6 Å². The Balaban J connectivity index is 1.87. The SMILES string of the molecule is Cc1cc(C)nc(N/N=C/c2cc(C)n(-c3ccc(C(=O)O)c(Cl)c3)c2C)n1. The molecule has 0 atom stereocenters. The van der Waals surface area contributed by atoms with E-state index in [2.05, 4.69) is 20.5 Å². The van der Waals surface area contributed by atoms with Crippen LogP contribution in [0.3, 0.4) is 0 Å². The number of hydrogen-bond acceptors (Lipinski definition) is 5. The Hall–Kier alpha value is -3.19. The number of carboxylic acids is 1. The lowest BCUT2D eigenvalue weighted by Crippen LogP contribution is -2.03. The maximum atomic E-state index is 11.2. The zero-order chi connectivity index (χ0) is 20.4. The molecule has 0 aliphatic carbocycles. The van der Waals surface area contributed by atoms with Gasteiger partial charge in [-0.2, -0.15) is 5.10 Å². The molecule has 0 aliphatic rings. The van der Waals surface area contributed by atoms with Gasteiger partial charge in [-0.1, -0.05) is 11.6 Å². The quantitative estimate of drug-likeness (QED) is 0.494. The van der Waals surface area contributed by atoms with Gasteiger partial charge < -0.3 is 9.67 Å². The Labute approximate surface area is 167 Å². The summed E-state index contributed by atoms with van der Waals surface area (Å²) in [6, 6.07) is 8.77.